The van der Waals surface area contributed by atoms with Crippen molar-refractivity contribution in [3.63, 3.8) is 0 Å². The summed E-state index contributed by atoms with van der Waals surface area (Å²) in [6.45, 7) is 1.36. The van der Waals surface area contributed by atoms with E-state index in [1.54, 1.807) is 6.07 Å². The van der Waals surface area contributed by atoms with E-state index in [0.717, 1.165) is 0 Å². The lowest BCUT2D eigenvalue weighted by Gasteiger charge is -2.03. The highest BCUT2D eigenvalue weighted by atomic mass is 79.9. The van der Waals surface area contributed by atoms with Crippen LogP contribution in [-0.2, 0) is 0 Å². The molecular weight excluding hydrogens is 246 g/mol. The van der Waals surface area contributed by atoms with Gasteiger partial charge in [-0.2, -0.15) is 5.26 Å². The van der Waals surface area contributed by atoms with Crippen LogP contribution in [0, 0.1) is 11.3 Å². The molecule has 0 radical (unpaired) electrons. The van der Waals surface area contributed by atoms with Crippen LogP contribution in [0.5, 0.6) is 0 Å². The summed E-state index contributed by atoms with van der Waals surface area (Å²) < 4.78 is 0.520. The van der Waals surface area contributed by atoms with Gasteiger partial charge in [0.2, 0.25) is 0 Å². The number of nitrogens with zero attached hydrogens (tertiary/aromatic N) is 1. The predicted octanol–water partition coefficient (Wildman–Crippen LogP) is 2.34. The standard InChI is InChI=1S/C10H6BrNO2/c1-6(14)7-2-3-10(11)8(4-12)9(7)5-13/h2-3,5H,1H3. The molecule has 70 valence electrons. The van der Waals surface area contributed by atoms with E-state index >= 15 is 0 Å². The summed E-state index contributed by atoms with van der Waals surface area (Å²) >= 11 is 3.14. The molecule has 0 unspecified atom stereocenters. The number of hydrogen-bond acceptors (Lipinski definition) is 3. The zero-order valence-electron chi connectivity index (χ0n) is 7.37. The summed E-state index contributed by atoms with van der Waals surface area (Å²) in [7, 11) is 0. The molecular formula is C10H6BrNO2. The van der Waals surface area contributed by atoms with Crippen molar-refractivity contribution in [1.82, 2.24) is 0 Å². The van der Waals surface area contributed by atoms with Crippen molar-refractivity contribution < 1.29 is 9.59 Å². The van der Waals surface area contributed by atoms with Gasteiger partial charge in [-0.3, -0.25) is 9.59 Å². The predicted molar refractivity (Wildman–Crippen MR) is 54.2 cm³/mol. The number of benzene rings is 1. The largest absolute Gasteiger partial charge is 0.298 e. The minimum absolute atomic E-state index is 0.148. The van der Waals surface area contributed by atoms with Crippen molar-refractivity contribution in [2.45, 2.75) is 6.92 Å². The number of carbonyl (C=O) groups is 2. The first-order valence-corrected chi connectivity index (χ1v) is 4.59. The Labute approximate surface area is 89.5 Å². The summed E-state index contributed by atoms with van der Waals surface area (Å²) in [4.78, 5) is 21.9. The second-order valence-corrected chi connectivity index (χ2v) is 3.52. The van der Waals surface area contributed by atoms with Crippen molar-refractivity contribution in [3.05, 3.63) is 33.3 Å². The third-order valence-electron chi connectivity index (χ3n) is 1.80. The van der Waals surface area contributed by atoms with Gasteiger partial charge in [-0.05, 0) is 35.0 Å². The van der Waals surface area contributed by atoms with Crippen molar-refractivity contribution in [2.24, 2.45) is 0 Å². The highest BCUT2D eigenvalue weighted by Gasteiger charge is 2.13. The van der Waals surface area contributed by atoms with Crippen LogP contribution in [0.3, 0.4) is 0 Å². The summed E-state index contributed by atoms with van der Waals surface area (Å²) in [5, 5.41) is 8.79. The third kappa shape index (κ3) is 1.73. The lowest BCUT2D eigenvalue weighted by Crippen LogP contribution is -2.02. The first kappa shape index (κ1) is 10.6. The Morgan fingerprint density at radius 2 is 2.21 bits per heavy atom. The van der Waals surface area contributed by atoms with Gasteiger partial charge >= 0.3 is 0 Å². The van der Waals surface area contributed by atoms with E-state index in [2.05, 4.69) is 15.9 Å². The quantitative estimate of drug-likeness (QED) is 0.599. The molecule has 0 spiro atoms. The number of ketones is 1. The highest BCUT2D eigenvalue weighted by molar-refractivity contribution is 9.10. The van der Waals surface area contributed by atoms with E-state index in [0.29, 0.717) is 10.8 Å². The molecule has 1 rings (SSSR count). The van der Waals surface area contributed by atoms with Crippen molar-refractivity contribution in [2.75, 3.05) is 0 Å². The number of carbonyl (C=O) groups excluding carboxylic acids is 2. The molecule has 4 heteroatoms. The Kier molecular flexibility index (Phi) is 3.15. The summed E-state index contributed by atoms with van der Waals surface area (Å²) in [5.74, 6) is -0.226. The van der Waals surface area contributed by atoms with Gasteiger partial charge in [-0.15, -0.1) is 0 Å². The van der Waals surface area contributed by atoms with Crippen LogP contribution in [0.4, 0.5) is 0 Å². The Hall–Kier alpha value is -1.47. The smallest absolute Gasteiger partial charge is 0.160 e. The Morgan fingerprint density at radius 1 is 1.57 bits per heavy atom. The number of nitriles is 1. The van der Waals surface area contributed by atoms with E-state index in [-0.39, 0.29) is 22.5 Å². The molecule has 0 N–H and O–H groups in total. The number of aldehydes is 1. The van der Waals surface area contributed by atoms with Gasteiger partial charge in [-0.25, -0.2) is 0 Å². The van der Waals surface area contributed by atoms with Crippen molar-refractivity contribution >= 4 is 28.0 Å². The van der Waals surface area contributed by atoms with Crippen LogP contribution in [-0.4, -0.2) is 12.1 Å². The summed E-state index contributed by atoms with van der Waals surface area (Å²) in [5.41, 5.74) is 0.627. The van der Waals surface area contributed by atoms with Gasteiger partial charge < -0.3 is 0 Å². The van der Waals surface area contributed by atoms with Gasteiger partial charge in [0.05, 0.1) is 5.56 Å². The number of halogens is 1. The number of Topliss-reactive ketones (excluding diaryl/α,β-unsaturated/α-hetero) is 1. The summed E-state index contributed by atoms with van der Waals surface area (Å²) in [6, 6.07) is 4.99. The number of hydrogen-bond donors (Lipinski definition) is 0. The molecule has 0 bridgehead atoms. The molecule has 3 nitrogen and oxygen atoms in total. The second-order valence-electron chi connectivity index (χ2n) is 2.67. The lowest BCUT2D eigenvalue weighted by molar-refractivity contribution is 0.100. The Morgan fingerprint density at radius 3 is 2.64 bits per heavy atom. The van der Waals surface area contributed by atoms with Gasteiger partial charge in [0.15, 0.2) is 12.1 Å². The molecule has 0 aliphatic rings. The molecule has 0 aromatic heterocycles. The van der Waals surface area contributed by atoms with E-state index in [9.17, 15) is 9.59 Å². The maximum absolute atomic E-state index is 11.1. The molecule has 0 aliphatic heterocycles. The first-order chi connectivity index (χ1) is 6.61. The molecule has 14 heavy (non-hydrogen) atoms. The Balaban J connectivity index is 3.58. The molecule has 0 heterocycles. The third-order valence-corrected chi connectivity index (χ3v) is 2.46. The first-order valence-electron chi connectivity index (χ1n) is 3.80. The fraction of sp³-hybridized carbons (Fsp3) is 0.100. The van der Waals surface area contributed by atoms with E-state index in [1.807, 2.05) is 6.07 Å². The van der Waals surface area contributed by atoms with Crippen LogP contribution < -0.4 is 0 Å². The van der Waals surface area contributed by atoms with Crippen LogP contribution in [0.2, 0.25) is 0 Å². The molecule has 0 atom stereocenters. The SMILES string of the molecule is CC(=O)c1ccc(Br)c(C#N)c1C=O. The summed E-state index contributed by atoms with van der Waals surface area (Å²) in [6.07, 6.45) is 0.528. The van der Waals surface area contributed by atoms with E-state index in [4.69, 9.17) is 5.26 Å². The highest BCUT2D eigenvalue weighted by Crippen LogP contribution is 2.22. The van der Waals surface area contributed by atoms with Gasteiger partial charge in [0.25, 0.3) is 0 Å². The average molecular weight is 252 g/mol. The molecule has 0 amide bonds. The second kappa shape index (κ2) is 4.16. The lowest BCUT2D eigenvalue weighted by atomic mass is 10.0. The van der Waals surface area contributed by atoms with Crippen LogP contribution in [0.1, 0.15) is 33.2 Å². The maximum atomic E-state index is 11.1. The fourth-order valence-corrected chi connectivity index (χ4v) is 1.57. The molecule has 0 saturated carbocycles. The van der Waals surface area contributed by atoms with Gasteiger partial charge in [-0.1, -0.05) is 0 Å². The normalized spacial score (nSPS) is 9.21. The zero-order valence-corrected chi connectivity index (χ0v) is 8.96. The fourth-order valence-electron chi connectivity index (χ4n) is 1.14. The molecule has 1 aromatic carbocycles. The molecule has 0 aliphatic carbocycles. The van der Waals surface area contributed by atoms with Crippen molar-refractivity contribution in [3.8, 4) is 6.07 Å². The van der Waals surface area contributed by atoms with Crippen LogP contribution >= 0.6 is 15.9 Å². The van der Waals surface area contributed by atoms with Crippen LogP contribution in [0.15, 0.2) is 16.6 Å². The molecule has 0 fully saturated rings. The monoisotopic (exact) mass is 251 g/mol. The van der Waals surface area contributed by atoms with Gasteiger partial charge in [0.1, 0.15) is 6.07 Å². The molecule has 1 aromatic rings. The van der Waals surface area contributed by atoms with E-state index < -0.39 is 0 Å². The topological polar surface area (TPSA) is 57.9 Å². The van der Waals surface area contributed by atoms with Gasteiger partial charge in [0, 0.05) is 15.6 Å². The average Bonchev–Trinajstić information content (AvgIpc) is 2.16. The zero-order chi connectivity index (χ0) is 10.7. The Bertz CT molecular complexity index is 446. The van der Waals surface area contributed by atoms with E-state index in [1.165, 1.54) is 13.0 Å². The maximum Gasteiger partial charge on any atom is 0.160 e. The minimum Gasteiger partial charge on any atom is -0.298 e. The van der Waals surface area contributed by atoms with Crippen molar-refractivity contribution in [1.29, 1.82) is 5.26 Å². The molecule has 0 saturated heterocycles. The van der Waals surface area contributed by atoms with Crippen LogP contribution in [0.25, 0.3) is 0 Å². The number of rotatable bonds is 2. The minimum atomic E-state index is -0.226.